The molecule has 0 radical (unpaired) electrons. The van der Waals surface area contributed by atoms with Crippen molar-refractivity contribution in [1.29, 1.82) is 0 Å². The van der Waals surface area contributed by atoms with E-state index >= 15 is 0 Å². The third kappa shape index (κ3) is 2.52. The van der Waals surface area contributed by atoms with Crippen LogP contribution >= 0.6 is 22.6 Å². The number of aliphatic hydroxyl groups excluding tert-OH is 1. The molecule has 4 heteroatoms. The average molecular weight is 498 g/mol. The van der Waals surface area contributed by atoms with Crippen molar-refractivity contribution in [3.05, 3.63) is 11.6 Å². The Balaban J connectivity index is 1.52. The van der Waals surface area contributed by atoms with Gasteiger partial charge in [0.1, 0.15) is 5.60 Å². The fourth-order valence-corrected chi connectivity index (χ4v) is 9.12. The molecule has 4 fully saturated rings. The van der Waals surface area contributed by atoms with Gasteiger partial charge in [0.25, 0.3) is 0 Å². The Hall–Kier alpha value is -0.100. The highest BCUT2D eigenvalue weighted by molar-refractivity contribution is 14.1. The molecule has 3 nitrogen and oxygen atoms in total. The number of ether oxygens (including phenoxy) is 1. The van der Waals surface area contributed by atoms with E-state index < -0.39 is 0 Å². The second kappa shape index (κ2) is 6.70. The summed E-state index contributed by atoms with van der Waals surface area (Å²) in [5, 5.41) is 10.2. The molecule has 10 atom stereocenters. The van der Waals surface area contributed by atoms with Crippen molar-refractivity contribution in [1.82, 2.24) is 0 Å². The summed E-state index contributed by atoms with van der Waals surface area (Å²) >= 11 is 2.15. The molecule has 5 rings (SSSR count). The number of fused-ring (bicyclic) bond motifs is 7. The maximum Gasteiger partial charge on any atom is 0.316 e. The van der Waals surface area contributed by atoms with Crippen LogP contribution in [0.5, 0.6) is 0 Å². The molecule has 4 saturated carbocycles. The van der Waals surface area contributed by atoms with Crippen LogP contribution in [0.1, 0.15) is 65.7 Å². The number of alkyl halides is 1. The quantitative estimate of drug-likeness (QED) is 0.254. The minimum atomic E-state index is -0.261. The van der Waals surface area contributed by atoms with Crippen LogP contribution in [0.4, 0.5) is 0 Å². The van der Waals surface area contributed by atoms with Crippen molar-refractivity contribution >= 4 is 28.6 Å². The first-order chi connectivity index (χ1) is 13.4. The van der Waals surface area contributed by atoms with E-state index in [0.717, 1.165) is 36.5 Å². The molecule has 156 valence electrons. The van der Waals surface area contributed by atoms with Crippen LogP contribution in [0.15, 0.2) is 11.6 Å². The maximum absolute atomic E-state index is 12.4. The standard InChI is InChI=1S/C24H35IO3/c1-4-24-8-7-17-16-6-5-15(26)10-14(16)9-13(2)21(17)22(24)18-11-19(18)23(24,3)28-20(27)12-25/h10,13,15-19,21-22,26H,4-9,11-12H2,1-3H3/t13-,15?,16?,17?,18?,19?,21?,22?,23-,24?/m0/s1. The average Bonchev–Trinajstić information content (AvgIpc) is 3.44. The highest BCUT2D eigenvalue weighted by atomic mass is 127. The molecule has 0 aromatic rings. The molecule has 0 bridgehead atoms. The molecule has 0 saturated heterocycles. The topological polar surface area (TPSA) is 46.5 Å². The fourth-order valence-electron chi connectivity index (χ4n) is 8.96. The molecule has 0 spiro atoms. The second-order valence-electron chi connectivity index (χ2n) is 10.7. The Morgan fingerprint density at radius 3 is 2.82 bits per heavy atom. The second-order valence-corrected chi connectivity index (χ2v) is 11.5. The van der Waals surface area contributed by atoms with Crippen molar-refractivity contribution in [3.8, 4) is 0 Å². The number of hydrogen-bond acceptors (Lipinski definition) is 3. The molecule has 5 aliphatic rings. The molecular formula is C24H35IO3. The zero-order valence-corrected chi connectivity index (χ0v) is 19.7. The Labute approximate surface area is 183 Å². The Kier molecular flexibility index (Phi) is 4.75. The summed E-state index contributed by atoms with van der Waals surface area (Å²) in [4.78, 5) is 12.4. The zero-order valence-electron chi connectivity index (χ0n) is 17.5. The number of halogens is 1. The lowest BCUT2D eigenvalue weighted by atomic mass is 9.46. The maximum atomic E-state index is 12.4. The van der Waals surface area contributed by atoms with E-state index in [0.29, 0.717) is 22.2 Å². The van der Waals surface area contributed by atoms with Crippen molar-refractivity contribution in [2.45, 2.75) is 77.4 Å². The van der Waals surface area contributed by atoms with E-state index in [4.69, 9.17) is 4.74 Å². The van der Waals surface area contributed by atoms with Crippen LogP contribution in [0.3, 0.4) is 0 Å². The van der Waals surface area contributed by atoms with Gasteiger partial charge in [-0.25, -0.2) is 0 Å². The van der Waals surface area contributed by atoms with E-state index in [1.54, 1.807) is 5.57 Å². The number of hydrogen-bond donors (Lipinski definition) is 1. The Bertz CT molecular complexity index is 704. The predicted octanol–water partition coefficient (Wildman–Crippen LogP) is 5.15. The number of allylic oxidation sites excluding steroid dienone is 1. The summed E-state index contributed by atoms with van der Waals surface area (Å²) < 4.78 is 6.77. The molecule has 5 aliphatic carbocycles. The van der Waals surface area contributed by atoms with E-state index in [1.165, 1.54) is 32.1 Å². The van der Waals surface area contributed by atoms with Crippen LogP contribution in [0, 0.1) is 46.8 Å². The lowest BCUT2D eigenvalue weighted by Crippen LogP contribution is -2.58. The number of carbonyl (C=O) groups is 1. The van der Waals surface area contributed by atoms with Crippen LogP contribution in [0.25, 0.3) is 0 Å². The zero-order chi connectivity index (χ0) is 19.8. The first kappa shape index (κ1) is 19.8. The largest absolute Gasteiger partial charge is 0.458 e. The SMILES string of the molecule is CCC12CCC3C4CCC(O)C=C4C[C@H](C)C3C1C1CC1[C@]2(C)OC(=O)CI. The van der Waals surface area contributed by atoms with E-state index in [2.05, 4.69) is 49.4 Å². The van der Waals surface area contributed by atoms with E-state index in [-0.39, 0.29) is 23.1 Å². The number of carbonyl (C=O) groups excluding carboxylic acids is 1. The van der Waals surface area contributed by atoms with Gasteiger partial charge in [-0.3, -0.25) is 4.79 Å². The van der Waals surface area contributed by atoms with Gasteiger partial charge in [0.2, 0.25) is 0 Å². The van der Waals surface area contributed by atoms with Gasteiger partial charge in [-0.15, -0.1) is 0 Å². The van der Waals surface area contributed by atoms with Gasteiger partial charge in [0.15, 0.2) is 0 Å². The molecule has 0 aliphatic heterocycles. The first-order valence-corrected chi connectivity index (χ1v) is 13.0. The summed E-state index contributed by atoms with van der Waals surface area (Å²) in [5.74, 6) is 4.96. The minimum absolute atomic E-state index is 0.0208. The van der Waals surface area contributed by atoms with Crippen molar-refractivity contribution in [2.24, 2.45) is 46.8 Å². The molecule has 0 aromatic heterocycles. The van der Waals surface area contributed by atoms with Crippen molar-refractivity contribution < 1.29 is 14.6 Å². The first-order valence-electron chi connectivity index (χ1n) is 11.5. The predicted molar refractivity (Wildman–Crippen MR) is 118 cm³/mol. The molecule has 28 heavy (non-hydrogen) atoms. The molecule has 0 aromatic carbocycles. The molecule has 0 heterocycles. The lowest BCUT2D eigenvalue weighted by molar-refractivity contribution is -0.190. The Morgan fingerprint density at radius 2 is 2.11 bits per heavy atom. The highest BCUT2D eigenvalue weighted by Crippen LogP contribution is 2.78. The number of aliphatic hydroxyl groups is 1. The van der Waals surface area contributed by atoms with Gasteiger partial charge in [0, 0.05) is 11.3 Å². The van der Waals surface area contributed by atoms with Crippen LogP contribution < -0.4 is 0 Å². The summed E-state index contributed by atoms with van der Waals surface area (Å²) in [6.45, 7) is 7.11. The van der Waals surface area contributed by atoms with Gasteiger partial charge < -0.3 is 9.84 Å². The summed E-state index contributed by atoms with van der Waals surface area (Å²) in [7, 11) is 0. The van der Waals surface area contributed by atoms with Crippen LogP contribution in [-0.4, -0.2) is 27.2 Å². The normalized spacial score (nSPS) is 54.0. The Morgan fingerprint density at radius 1 is 1.32 bits per heavy atom. The lowest BCUT2D eigenvalue weighted by Gasteiger charge is -2.60. The molecule has 8 unspecified atom stereocenters. The van der Waals surface area contributed by atoms with E-state index in [9.17, 15) is 9.90 Å². The molecular weight excluding hydrogens is 463 g/mol. The third-order valence-corrected chi connectivity index (χ3v) is 10.5. The van der Waals surface area contributed by atoms with Gasteiger partial charge in [-0.2, -0.15) is 0 Å². The molecule has 1 N–H and O–H groups in total. The summed E-state index contributed by atoms with van der Waals surface area (Å²) in [6.07, 6.45) is 10.1. The van der Waals surface area contributed by atoms with Crippen molar-refractivity contribution in [3.63, 3.8) is 0 Å². The van der Waals surface area contributed by atoms with Gasteiger partial charge in [-0.05, 0) is 87.4 Å². The van der Waals surface area contributed by atoms with Gasteiger partial charge in [-0.1, -0.05) is 48.1 Å². The van der Waals surface area contributed by atoms with Crippen LogP contribution in [-0.2, 0) is 9.53 Å². The number of esters is 1. The number of rotatable bonds is 3. The highest BCUT2D eigenvalue weighted by Gasteiger charge is 2.77. The minimum Gasteiger partial charge on any atom is -0.458 e. The summed E-state index contributed by atoms with van der Waals surface area (Å²) in [6, 6.07) is 0. The van der Waals surface area contributed by atoms with E-state index in [1.807, 2.05) is 0 Å². The fraction of sp³-hybridized carbons (Fsp3) is 0.875. The smallest absolute Gasteiger partial charge is 0.316 e. The van der Waals surface area contributed by atoms with Crippen LogP contribution in [0.2, 0.25) is 0 Å². The molecule has 0 amide bonds. The monoisotopic (exact) mass is 498 g/mol. The van der Waals surface area contributed by atoms with Gasteiger partial charge in [0.05, 0.1) is 10.5 Å². The van der Waals surface area contributed by atoms with Crippen molar-refractivity contribution in [2.75, 3.05) is 4.43 Å². The van der Waals surface area contributed by atoms with Gasteiger partial charge >= 0.3 is 5.97 Å². The third-order valence-electron chi connectivity index (χ3n) is 9.92. The summed E-state index contributed by atoms with van der Waals surface area (Å²) in [5.41, 5.74) is 1.47.